The van der Waals surface area contributed by atoms with Crippen molar-refractivity contribution < 1.29 is 19.0 Å². The number of benzene rings is 3. The number of carbonyl (C=O) groups is 1. The molecule has 0 N–H and O–H groups in total. The molecule has 34 heavy (non-hydrogen) atoms. The molecule has 0 radical (unpaired) electrons. The minimum atomic E-state index is -0.158. The SMILES string of the molecule is CCOC(=O)CCc1ccc2c(c1)c(CCc1ccccc1)cn2-c1ccc(OC)c(OC)c1. The van der Waals surface area contributed by atoms with Crippen LogP contribution in [-0.2, 0) is 28.8 Å². The largest absolute Gasteiger partial charge is 0.493 e. The second-order valence-electron chi connectivity index (χ2n) is 8.21. The van der Waals surface area contributed by atoms with Crippen molar-refractivity contribution >= 4 is 16.9 Å². The number of nitrogens with zero attached hydrogens (tertiary/aromatic N) is 1. The van der Waals surface area contributed by atoms with E-state index in [0.717, 1.165) is 29.6 Å². The number of hydrogen-bond donors (Lipinski definition) is 0. The fourth-order valence-electron chi connectivity index (χ4n) is 4.29. The molecule has 5 nitrogen and oxygen atoms in total. The van der Waals surface area contributed by atoms with E-state index in [1.807, 2.05) is 31.2 Å². The molecular weight excluding hydrogens is 426 g/mol. The summed E-state index contributed by atoms with van der Waals surface area (Å²) in [5, 5.41) is 1.20. The maximum Gasteiger partial charge on any atom is 0.306 e. The van der Waals surface area contributed by atoms with Crippen molar-refractivity contribution in [2.75, 3.05) is 20.8 Å². The van der Waals surface area contributed by atoms with Gasteiger partial charge in [0.25, 0.3) is 0 Å². The van der Waals surface area contributed by atoms with E-state index in [2.05, 4.69) is 53.2 Å². The van der Waals surface area contributed by atoms with Gasteiger partial charge < -0.3 is 18.8 Å². The van der Waals surface area contributed by atoms with E-state index < -0.39 is 0 Å². The molecule has 0 aliphatic carbocycles. The standard InChI is InChI=1S/C29H31NO4/c1-4-34-29(31)17-12-22-11-15-26-25(18-22)23(13-10-21-8-6-5-7-9-21)20-30(26)24-14-16-27(32-2)28(19-24)33-3/h5-9,11,14-16,18-20H,4,10,12-13,17H2,1-3H3. The summed E-state index contributed by atoms with van der Waals surface area (Å²) < 4.78 is 18.2. The summed E-state index contributed by atoms with van der Waals surface area (Å²) in [6.45, 7) is 2.25. The third-order valence-corrected chi connectivity index (χ3v) is 6.05. The van der Waals surface area contributed by atoms with Gasteiger partial charge in [-0.25, -0.2) is 0 Å². The summed E-state index contributed by atoms with van der Waals surface area (Å²) in [7, 11) is 3.29. The molecule has 1 aromatic heterocycles. The van der Waals surface area contributed by atoms with E-state index in [-0.39, 0.29) is 5.97 Å². The van der Waals surface area contributed by atoms with Crippen LogP contribution >= 0.6 is 0 Å². The van der Waals surface area contributed by atoms with E-state index in [4.69, 9.17) is 14.2 Å². The zero-order chi connectivity index (χ0) is 23.9. The van der Waals surface area contributed by atoms with E-state index >= 15 is 0 Å². The lowest BCUT2D eigenvalue weighted by atomic mass is 10.0. The fourth-order valence-corrected chi connectivity index (χ4v) is 4.29. The number of fused-ring (bicyclic) bond motifs is 1. The predicted octanol–water partition coefficient (Wildman–Crippen LogP) is 5.93. The summed E-state index contributed by atoms with van der Waals surface area (Å²) in [6.07, 6.45) is 5.13. The monoisotopic (exact) mass is 457 g/mol. The van der Waals surface area contributed by atoms with Gasteiger partial charge in [0, 0.05) is 29.8 Å². The first-order valence-electron chi connectivity index (χ1n) is 11.7. The average Bonchev–Trinajstić information content (AvgIpc) is 3.24. The Kier molecular flexibility index (Phi) is 7.53. The molecule has 0 aliphatic rings. The molecule has 0 fully saturated rings. The molecule has 3 aromatic carbocycles. The second kappa shape index (κ2) is 10.9. The number of hydrogen-bond acceptors (Lipinski definition) is 4. The fraction of sp³-hybridized carbons (Fsp3) is 0.276. The Balaban J connectivity index is 1.71. The number of carbonyl (C=O) groups excluding carboxylic acids is 1. The molecule has 1 heterocycles. The number of aryl methyl sites for hydroxylation is 3. The van der Waals surface area contributed by atoms with Gasteiger partial charge in [-0.05, 0) is 67.1 Å². The Bertz CT molecular complexity index is 1260. The molecule has 176 valence electrons. The average molecular weight is 458 g/mol. The van der Waals surface area contributed by atoms with Crippen LogP contribution in [0.5, 0.6) is 11.5 Å². The van der Waals surface area contributed by atoms with Crippen molar-refractivity contribution in [1.82, 2.24) is 4.57 Å². The first kappa shape index (κ1) is 23.4. The van der Waals surface area contributed by atoms with Gasteiger partial charge in [-0.3, -0.25) is 4.79 Å². The van der Waals surface area contributed by atoms with Gasteiger partial charge in [-0.2, -0.15) is 0 Å². The number of ether oxygens (including phenoxy) is 3. The number of esters is 1. The normalized spacial score (nSPS) is 10.9. The van der Waals surface area contributed by atoms with E-state index in [1.165, 1.54) is 16.5 Å². The lowest BCUT2D eigenvalue weighted by molar-refractivity contribution is -0.143. The first-order valence-corrected chi connectivity index (χ1v) is 11.7. The summed E-state index contributed by atoms with van der Waals surface area (Å²) in [5.74, 6) is 1.24. The molecule has 0 amide bonds. The second-order valence-corrected chi connectivity index (χ2v) is 8.21. The molecule has 4 rings (SSSR count). The third-order valence-electron chi connectivity index (χ3n) is 6.05. The molecule has 0 saturated carbocycles. The van der Waals surface area contributed by atoms with Crippen LogP contribution in [0, 0.1) is 0 Å². The highest BCUT2D eigenvalue weighted by Gasteiger charge is 2.14. The van der Waals surface area contributed by atoms with Crippen LogP contribution in [0.2, 0.25) is 0 Å². The van der Waals surface area contributed by atoms with Crippen molar-refractivity contribution in [3.05, 3.63) is 89.6 Å². The Labute approximate surface area is 200 Å². The minimum Gasteiger partial charge on any atom is -0.493 e. The molecular formula is C29H31NO4. The van der Waals surface area contributed by atoms with Gasteiger partial charge in [-0.15, -0.1) is 0 Å². The van der Waals surface area contributed by atoms with Crippen molar-refractivity contribution in [2.24, 2.45) is 0 Å². The predicted molar refractivity (Wildman–Crippen MR) is 135 cm³/mol. The van der Waals surface area contributed by atoms with Gasteiger partial charge in [0.05, 0.1) is 26.3 Å². The van der Waals surface area contributed by atoms with Crippen molar-refractivity contribution in [3.8, 4) is 17.2 Å². The van der Waals surface area contributed by atoms with Crippen LogP contribution in [0.25, 0.3) is 16.6 Å². The van der Waals surface area contributed by atoms with Crippen molar-refractivity contribution in [2.45, 2.75) is 32.6 Å². The maximum atomic E-state index is 11.9. The molecule has 0 unspecified atom stereocenters. The van der Waals surface area contributed by atoms with Crippen LogP contribution in [0.15, 0.2) is 72.9 Å². The summed E-state index contributed by atoms with van der Waals surface area (Å²) in [5.41, 5.74) is 5.84. The molecule has 0 aliphatic heterocycles. The highest BCUT2D eigenvalue weighted by atomic mass is 16.5. The zero-order valence-electron chi connectivity index (χ0n) is 20.0. The van der Waals surface area contributed by atoms with Crippen LogP contribution in [0.1, 0.15) is 30.0 Å². The van der Waals surface area contributed by atoms with Gasteiger partial charge in [0.1, 0.15) is 0 Å². The highest BCUT2D eigenvalue weighted by molar-refractivity contribution is 5.86. The lowest BCUT2D eigenvalue weighted by Gasteiger charge is -2.11. The Morgan fingerprint density at radius 2 is 1.62 bits per heavy atom. The quantitative estimate of drug-likeness (QED) is 0.277. The third kappa shape index (κ3) is 5.25. The van der Waals surface area contributed by atoms with Crippen LogP contribution in [-0.4, -0.2) is 31.4 Å². The first-order chi connectivity index (χ1) is 16.6. The van der Waals surface area contributed by atoms with Crippen molar-refractivity contribution in [1.29, 1.82) is 0 Å². The number of rotatable bonds is 10. The molecule has 0 spiro atoms. The smallest absolute Gasteiger partial charge is 0.306 e. The topological polar surface area (TPSA) is 49.7 Å². The van der Waals surface area contributed by atoms with Gasteiger partial charge >= 0.3 is 5.97 Å². The van der Waals surface area contributed by atoms with Gasteiger partial charge in [-0.1, -0.05) is 36.4 Å². The van der Waals surface area contributed by atoms with Crippen LogP contribution in [0.4, 0.5) is 0 Å². The number of methoxy groups -OCH3 is 2. The van der Waals surface area contributed by atoms with Crippen LogP contribution < -0.4 is 9.47 Å². The number of aromatic nitrogens is 1. The zero-order valence-corrected chi connectivity index (χ0v) is 20.0. The summed E-state index contributed by atoms with van der Waals surface area (Å²) >= 11 is 0. The van der Waals surface area contributed by atoms with E-state index in [0.29, 0.717) is 30.9 Å². The highest BCUT2D eigenvalue weighted by Crippen LogP contribution is 2.33. The summed E-state index contributed by atoms with van der Waals surface area (Å²) in [4.78, 5) is 11.9. The molecule has 0 saturated heterocycles. The Morgan fingerprint density at radius 3 is 2.35 bits per heavy atom. The van der Waals surface area contributed by atoms with Gasteiger partial charge in [0.2, 0.25) is 0 Å². The van der Waals surface area contributed by atoms with E-state index in [9.17, 15) is 4.79 Å². The molecule has 0 atom stereocenters. The Hall–Kier alpha value is -3.73. The minimum absolute atomic E-state index is 0.158. The van der Waals surface area contributed by atoms with E-state index in [1.54, 1.807) is 14.2 Å². The summed E-state index contributed by atoms with van der Waals surface area (Å²) in [6, 6.07) is 22.9. The lowest BCUT2D eigenvalue weighted by Crippen LogP contribution is -2.05. The molecule has 5 heteroatoms. The maximum absolute atomic E-state index is 11.9. The molecule has 0 bridgehead atoms. The van der Waals surface area contributed by atoms with Gasteiger partial charge in [0.15, 0.2) is 11.5 Å². The van der Waals surface area contributed by atoms with Crippen molar-refractivity contribution in [3.63, 3.8) is 0 Å². The Morgan fingerprint density at radius 1 is 0.824 bits per heavy atom. The molecule has 4 aromatic rings. The van der Waals surface area contributed by atoms with Crippen LogP contribution in [0.3, 0.4) is 0 Å².